The molecule has 5 nitrogen and oxygen atoms in total. The van der Waals surface area contributed by atoms with Gasteiger partial charge in [-0.05, 0) is 37.1 Å². The lowest BCUT2D eigenvalue weighted by molar-refractivity contribution is 0.423. The van der Waals surface area contributed by atoms with Gasteiger partial charge in [0.25, 0.3) is 10.0 Å². The standard InChI is InChI=1S/C11H11FN2O3S/c1-7-5-9(12)6-8(2)11(7)18(15,16)14-10-3-4-17-13-10/h3-6H,1-2H3,(H,13,14). The largest absolute Gasteiger partial charge is 0.363 e. The summed E-state index contributed by atoms with van der Waals surface area (Å²) in [5.74, 6) is -0.386. The Hall–Kier alpha value is -1.89. The highest BCUT2D eigenvalue weighted by molar-refractivity contribution is 7.92. The normalized spacial score (nSPS) is 11.5. The van der Waals surface area contributed by atoms with E-state index in [4.69, 9.17) is 0 Å². The lowest BCUT2D eigenvalue weighted by atomic mass is 10.1. The molecule has 0 spiro atoms. The van der Waals surface area contributed by atoms with E-state index in [1.54, 1.807) is 0 Å². The molecule has 1 heterocycles. The molecule has 0 amide bonds. The molecule has 0 saturated carbocycles. The van der Waals surface area contributed by atoms with Crippen LogP contribution in [-0.2, 0) is 10.0 Å². The van der Waals surface area contributed by atoms with Crippen LogP contribution in [0.3, 0.4) is 0 Å². The Bertz CT molecular complexity index is 643. The number of hydrogen-bond donors (Lipinski definition) is 1. The molecule has 96 valence electrons. The Kier molecular flexibility index (Phi) is 3.08. The van der Waals surface area contributed by atoms with Gasteiger partial charge in [0.05, 0.1) is 4.90 Å². The van der Waals surface area contributed by atoms with E-state index in [1.807, 2.05) is 0 Å². The molecule has 0 saturated heterocycles. The molecular formula is C11H11FN2O3S. The van der Waals surface area contributed by atoms with Crippen molar-refractivity contribution in [3.05, 3.63) is 41.4 Å². The van der Waals surface area contributed by atoms with Crippen molar-refractivity contribution in [1.82, 2.24) is 5.16 Å². The second-order valence-corrected chi connectivity index (χ2v) is 5.48. The van der Waals surface area contributed by atoms with Crippen molar-refractivity contribution in [2.45, 2.75) is 18.7 Å². The molecule has 0 aliphatic carbocycles. The van der Waals surface area contributed by atoms with E-state index in [2.05, 4.69) is 14.4 Å². The van der Waals surface area contributed by atoms with Gasteiger partial charge in [0.15, 0.2) is 5.82 Å². The lowest BCUT2D eigenvalue weighted by Gasteiger charge is -2.11. The van der Waals surface area contributed by atoms with Crippen LogP contribution in [0, 0.1) is 19.7 Å². The van der Waals surface area contributed by atoms with Gasteiger partial charge in [-0.3, -0.25) is 4.72 Å². The second kappa shape index (κ2) is 4.41. The van der Waals surface area contributed by atoms with Crippen LogP contribution in [0.2, 0.25) is 0 Å². The number of rotatable bonds is 3. The summed E-state index contributed by atoms with van der Waals surface area (Å²) >= 11 is 0. The summed E-state index contributed by atoms with van der Waals surface area (Å²) in [6.07, 6.45) is 1.25. The summed E-state index contributed by atoms with van der Waals surface area (Å²) in [6.45, 7) is 3.07. The van der Waals surface area contributed by atoms with Gasteiger partial charge < -0.3 is 4.52 Å². The maximum Gasteiger partial charge on any atom is 0.263 e. The minimum absolute atomic E-state index is 0.0481. The Morgan fingerprint density at radius 2 is 1.89 bits per heavy atom. The van der Waals surface area contributed by atoms with E-state index in [0.717, 1.165) is 0 Å². The third-order valence-corrected chi connectivity index (χ3v) is 4.03. The highest BCUT2D eigenvalue weighted by atomic mass is 32.2. The predicted molar refractivity (Wildman–Crippen MR) is 63.2 cm³/mol. The highest BCUT2D eigenvalue weighted by Crippen LogP contribution is 2.23. The van der Waals surface area contributed by atoms with Gasteiger partial charge in [0, 0.05) is 6.07 Å². The average Bonchev–Trinajstić information content (AvgIpc) is 2.66. The van der Waals surface area contributed by atoms with Gasteiger partial charge in [0.2, 0.25) is 0 Å². The van der Waals surface area contributed by atoms with Crippen molar-refractivity contribution < 1.29 is 17.3 Å². The number of nitrogens with one attached hydrogen (secondary N) is 1. The molecule has 0 aliphatic rings. The fourth-order valence-corrected chi connectivity index (χ4v) is 3.22. The van der Waals surface area contributed by atoms with Crippen LogP contribution in [-0.4, -0.2) is 13.6 Å². The molecule has 1 aromatic carbocycles. The van der Waals surface area contributed by atoms with Crippen molar-refractivity contribution in [3.8, 4) is 0 Å². The first kappa shape index (κ1) is 12.6. The van der Waals surface area contributed by atoms with E-state index in [1.165, 1.54) is 38.3 Å². The van der Waals surface area contributed by atoms with Crippen LogP contribution in [0.1, 0.15) is 11.1 Å². The zero-order chi connectivity index (χ0) is 13.3. The summed E-state index contributed by atoms with van der Waals surface area (Å²) in [4.78, 5) is 0.0481. The quantitative estimate of drug-likeness (QED) is 0.928. The molecule has 7 heteroatoms. The average molecular weight is 270 g/mol. The summed E-state index contributed by atoms with van der Waals surface area (Å²) < 4.78 is 44.2. The lowest BCUT2D eigenvalue weighted by Crippen LogP contribution is -2.16. The van der Waals surface area contributed by atoms with Crippen molar-refractivity contribution in [3.63, 3.8) is 0 Å². The molecule has 0 unspecified atom stereocenters. The number of aryl methyl sites for hydroxylation is 2. The van der Waals surface area contributed by atoms with E-state index >= 15 is 0 Å². The van der Waals surface area contributed by atoms with Crippen molar-refractivity contribution in [1.29, 1.82) is 0 Å². The summed E-state index contributed by atoms with van der Waals surface area (Å²) in [5, 5.41) is 3.46. The van der Waals surface area contributed by atoms with Crippen LogP contribution in [0.25, 0.3) is 0 Å². The molecule has 2 rings (SSSR count). The first-order valence-electron chi connectivity index (χ1n) is 5.10. The topological polar surface area (TPSA) is 72.2 Å². The van der Waals surface area contributed by atoms with E-state index in [-0.39, 0.29) is 10.7 Å². The Labute approximate surface area is 104 Å². The van der Waals surface area contributed by atoms with E-state index in [9.17, 15) is 12.8 Å². The molecular weight excluding hydrogens is 259 g/mol. The molecule has 1 aromatic heterocycles. The monoisotopic (exact) mass is 270 g/mol. The van der Waals surface area contributed by atoms with Gasteiger partial charge in [-0.1, -0.05) is 5.16 Å². The first-order valence-corrected chi connectivity index (χ1v) is 6.58. The molecule has 0 aliphatic heterocycles. The summed E-state index contributed by atoms with van der Waals surface area (Å²) in [5.41, 5.74) is 0.673. The number of aromatic nitrogens is 1. The van der Waals surface area contributed by atoms with Gasteiger partial charge in [-0.15, -0.1) is 0 Å². The first-order chi connectivity index (χ1) is 8.40. The maximum atomic E-state index is 13.1. The molecule has 0 fully saturated rings. The number of anilines is 1. The molecule has 1 N–H and O–H groups in total. The van der Waals surface area contributed by atoms with Crippen LogP contribution < -0.4 is 4.72 Å². The molecule has 2 aromatic rings. The second-order valence-electron chi connectivity index (χ2n) is 3.86. The zero-order valence-electron chi connectivity index (χ0n) is 9.77. The third kappa shape index (κ3) is 2.35. The fourth-order valence-electron chi connectivity index (χ4n) is 1.78. The smallest absolute Gasteiger partial charge is 0.263 e. The van der Waals surface area contributed by atoms with Crippen LogP contribution in [0.15, 0.2) is 33.9 Å². The Balaban J connectivity index is 2.48. The van der Waals surface area contributed by atoms with Gasteiger partial charge in [-0.2, -0.15) is 0 Å². The number of hydrogen-bond acceptors (Lipinski definition) is 4. The van der Waals surface area contributed by atoms with E-state index in [0.29, 0.717) is 11.1 Å². The highest BCUT2D eigenvalue weighted by Gasteiger charge is 2.21. The molecule has 0 radical (unpaired) electrons. The number of benzene rings is 1. The van der Waals surface area contributed by atoms with Gasteiger partial charge in [-0.25, -0.2) is 12.8 Å². The van der Waals surface area contributed by atoms with Gasteiger partial charge >= 0.3 is 0 Å². The molecule has 0 atom stereocenters. The summed E-state index contributed by atoms with van der Waals surface area (Å²) in [7, 11) is -3.80. The molecule has 0 bridgehead atoms. The Morgan fingerprint density at radius 3 is 2.39 bits per heavy atom. The van der Waals surface area contributed by atoms with Crippen molar-refractivity contribution >= 4 is 15.8 Å². The minimum Gasteiger partial charge on any atom is -0.363 e. The summed E-state index contributed by atoms with van der Waals surface area (Å²) in [6, 6.07) is 3.72. The van der Waals surface area contributed by atoms with Crippen molar-refractivity contribution in [2.24, 2.45) is 0 Å². The minimum atomic E-state index is -3.80. The molecule has 18 heavy (non-hydrogen) atoms. The van der Waals surface area contributed by atoms with Gasteiger partial charge in [0.1, 0.15) is 12.1 Å². The van der Waals surface area contributed by atoms with Crippen molar-refractivity contribution in [2.75, 3.05) is 4.72 Å². The van der Waals surface area contributed by atoms with Crippen LogP contribution in [0.5, 0.6) is 0 Å². The predicted octanol–water partition coefficient (Wildman–Crippen LogP) is 2.23. The fraction of sp³-hybridized carbons (Fsp3) is 0.182. The number of halogens is 1. The number of sulfonamides is 1. The SMILES string of the molecule is Cc1cc(F)cc(C)c1S(=O)(=O)Nc1ccon1. The number of nitrogens with zero attached hydrogens (tertiary/aromatic N) is 1. The third-order valence-electron chi connectivity index (χ3n) is 2.37. The van der Waals surface area contributed by atoms with Crippen LogP contribution in [0.4, 0.5) is 10.2 Å². The zero-order valence-corrected chi connectivity index (χ0v) is 10.6. The maximum absolute atomic E-state index is 13.1. The Morgan fingerprint density at radius 1 is 1.28 bits per heavy atom. The van der Waals surface area contributed by atoms with E-state index < -0.39 is 15.8 Å². The van der Waals surface area contributed by atoms with Crippen LogP contribution >= 0.6 is 0 Å².